The minimum atomic E-state index is -0.238. The first-order valence-electron chi connectivity index (χ1n) is 13.4. The number of aryl methyl sites for hydroxylation is 2. The van der Waals surface area contributed by atoms with Gasteiger partial charge in [-0.1, -0.05) is 6.07 Å². The van der Waals surface area contributed by atoms with Crippen molar-refractivity contribution >= 4 is 28.3 Å². The van der Waals surface area contributed by atoms with Crippen molar-refractivity contribution in [3.05, 3.63) is 66.3 Å². The molecule has 0 atom stereocenters. The number of nitrogens with two attached hydrogens (primary N) is 1. The van der Waals surface area contributed by atoms with Crippen molar-refractivity contribution in [2.75, 3.05) is 43.4 Å². The number of benzene rings is 1. The quantitative estimate of drug-likeness (QED) is 0.327. The van der Waals surface area contributed by atoms with E-state index in [1.54, 1.807) is 18.5 Å². The van der Waals surface area contributed by atoms with E-state index in [0.717, 1.165) is 42.0 Å². The minimum absolute atomic E-state index is 0.234. The largest absolute Gasteiger partial charge is 0.446 e. The number of aromatic nitrogens is 8. The number of oxazole rings is 1. The summed E-state index contributed by atoms with van der Waals surface area (Å²) >= 11 is 0. The van der Waals surface area contributed by atoms with Gasteiger partial charge < -0.3 is 15.1 Å². The van der Waals surface area contributed by atoms with Crippen LogP contribution in [0.15, 0.2) is 53.2 Å². The Bertz CT molecular complexity index is 1870. The molecule has 0 spiro atoms. The smallest absolute Gasteiger partial charge is 0.225 e. The predicted octanol–water partition coefficient (Wildman–Crippen LogP) is 3.35. The number of hydrogen-bond acceptors (Lipinski definition) is 10. The predicted molar refractivity (Wildman–Crippen MR) is 152 cm³/mol. The van der Waals surface area contributed by atoms with Crippen molar-refractivity contribution in [3.8, 4) is 22.8 Å². The SMILES string of the molecule is Cc1nc(-c2ccc(F)c(N3CCN(CCn4ncc5c4nc(N)n4nc(-c6ccccn6)nc54)CC3)c2)c(C)o1. The van der Waals surface area contributed by atoms with Crippen molar-refractivity contribution in [2.24, 2.45) is 0 Å². The Hall–Kier alpha value is -4.91. The fourth-order valence-corrected chi connectivity index (χ4v) is 5.37. The Balaban J connectivity index is 1.05. The molecule has 0 saturated carbocycles. The van der Waals surface area contributed by atoms with Crippen LogP contribution in [0.25, 0.3) is 39.5 Å². The van der Waals surface area contributed by atoms with Crippen LogP contribution in [0.4, 0.5) is 16.0 Å². The fraction of sp³-hybridized carbons (Fsp3) is 0.286. The Morgan fingerprint density at radius 2 is 1.83 bits per heavy atom. The lowest BCUT2D eigenvalue weighted by Gasteiger charge is -2.36. The molecule has 0 aliphatic carbocycles. The standard InChI is InChI=1S/C28H28FN11O/c1-17-24(33-18(2)41-17)19-6-7-21(29)23(15-19)38-12-9-37(10-13-38)11-14-39-26-20(16-32-39)27-34-25(22-5-3-4-8-31-22)36-40(27)28(30)35-26/h3-8,15-16H,9-14H2,1-2H3,(H2,30,35). The Labute approximate surface area is 234 Å². The number of pyridine rings is 1. The van der Waals surface area contributed by atoms with E-state index in [0.29, 0.717) is 54.0 Å². The molecule has 41 heavy (non-hydrogen) atoms. The van der Waals surface area contributed by atoms with Crippen LogP contribution < -0.4 is 10.6 Å². The number of anilines is 2. The molecule has 0 radical (unpaired) electrons. The molecule has 12 nitrogen and oxygen atoms in total. The second-order valence-electron chi connectivity index (χ2n) is 10.1. The molecule has 6 heterocycles. The average Bonchev–Trinajstić information content (AvgIpc) is 3.70. The van der Waals surface area contributed by atoms with Crippen LogP contribution in [0.1, 0.15) is 11.7 Å². The van der Waals surface area contributed by atoms with Crippen LogP contribution in [-0.2, 0) is 6.54 Å². The molecular formula is C28H28FN11O. The van der Waals surface area contributed by atoms with E-state index in [1.165, 1.54) is 10.6 Å². The second kappa shape index (κ2) is 9.93. The first-order chi connectivity index (χ1) is 19.9. The monoisotopic (exact) mass is 553 g/mol. The highest BCUT2D eigenvalue weighted by Crippen LogP contribution is 2.30. The third-order valence-electron chi connectivity index (χ3n) is 7.46. The van der Waals surface area contributed by atoms with Crippen LogP contribution in [0.5, 0.6) is 0 Å². The maximum Gasteiger partial charge on any atom is 0.225 e. The molecule has 0 bridgehead atoms. The molecule has 1 aliphatic rings. The van der Waals surface area contributed by atoms with Gasteiger partial charge in [0, 0.05) is 51.4 Å². The number of hydrogen-bond donors (Lipinski definition) is 1. The van der Waals surface area contributed by atoms with Gasteiger partial charge in [0.1, 0.15) is 23.0 Å². The third-order valence-corrected chi connectivity index (χ3v) is 7.46. The normalized spacial score (nSPS) is 14.5. The molecule has 208 valence electrons. The molecular weight excluding hydrogens is 525 g/mol. The van der Waals surface area contributed by atoms with Crippen LogP contribution in [0.3, 0.4) is 0 Å². The number of rotatable bonds is 6. The van der Waals surface area contributed by atoms with Gasteiger partial charge in [0.15, 0.2) is 17.2 Å². The van der Waals surface area contributed by atoms with Gasteiger partial charge in [-0.2, -0.15) is 14.6 Å². The van der Waals surface area contributed by atoms with Crippen molar-refractivity contribution in [1.82, 2.24) is 44.2 Å². The topological polar surface area (TPSA) is 132 Å². The molecule has 7 rings (SSSR count). The number of nitrogen functional groups attached to an aromatic ring is 1. The van der Waals surface area contributed by atoms with Crippen molar-refractivity contribution < 1.29 is 8.81 Å². The summed E-state index contributed by atoms with van der Waals surface area (Å²) in [6.07, 6.45) is 3.45. The molecule has 1 saturated heterocycles. The van der Waals surface area contributed by atoms with Crippen molar-refractivity contribution in [2.45, 2.75) is 20.4 Å². The van der Waals surface area contributed by atoms with Gasteiger partial charge in [-0.25, -0.2) is 19.0 Å². The molecule has 1 aromatic carbocycles. The highest BCUT2D eigenvalue weighted by Gasteiger charge is 2.22. The van der Waals surface area contributed by atoms with E-state index in [2.05, 4.69) is 39.9 Å². The zero-order valence-corrected chi connectivity index (χ0v) is 22.7. The van der Waals surface area contributed by atoms with Gasteiger partial charge in [0.05, 0.1) is 23.8 Å². The summed E-state index contributed by atoms with van der Waals surface area (Å²) in [4.78, 5) is 22.5. The summed E-state index contributed by atoms with van der Waals surface area (Å²) in [7, 11) is 0. The summed E-state index contributed by atoms with van der Waals surface area (Å²) in [6.45, 7) is 8.08. The Morgan fingerprint density at radius 1 is 0.976 bits per heavy atom. The van der Waals surface area contributed by atoms with Gasteiger partial charge in [-0.15, -0.1) is 5.10 Å². The highest BCUT2D eigenvalue weighted by atomic mass is 19.1. The summed E-state index contributed by atoms with van der Waals surface area (Å²) in [5.74, 6) is 1.80. The van der Waals surface area contributed by atoms with Gasteiger partial charge in [0.25, 0.3) is 0 Å². The zero-order chi connectivity index (χ0) is 28.1. The molecule has 0 unspecified atom stereocenters. The first-order valence-corrected chi connectivity index (χ1v) is 13.4. The summed E-state index contributed by atoms with van der Waals surface area (Å²) < 4.78 is 23.8. The molecule has 0 amide bonds. The zero-order valence-electron chi connectivity index (χ0n) is 22.7. The van der Waals surface area contributed by atoms with Gasteiger partial charge >= 0.3 is 0 Å². The van der Waals surface area contributed by atoms with Gasteiger partial charge in [-0.3, -0.25) is 9.88 Å². The first kappa shape index (κ1) is 25.1. The number of nitrogens with zero attached hydrogens (tertiary/aromatic N) is 10. The maximum absolute atomic E-state index is 14.9. The van der Waals surface area contributed by atoms with Crippen molar-refractivity contribution in [1.29, 1.82) is 0 Å². The Morgan fingerprint density at radius 3 is 2.59 bits per heavy atom. The summed E-state index contributed by atoms with van der Waals surface area (Å²) in [6, 6.07) is 10.7. The molecule has 1 fully saturated rings. The minimum Gasteiger partial charge on any atom is -0.446 e. The number of halogens is 1. The van der Waals surface area contributed by atoms with Gasteiger partial charge in [0.2, 0.25) is 11.8 Å². The molecule has 1 aliphatic heterocycles. The van der Waals surface area contributed by atoms with E-state index in [-0.39, 0.29) is 11.8 Å². The lowest BCUT2D eigenvalue weighted by atomic mass is 10.1. The number of fused-ring (bicyclic) bond motifs is 3. The van der Waals surface area contributed by atoms with Crippen molar-refractivity contribution in [3.63, 3.8) is 0 Å². The molecule has 6 aromatic rings. The fourth-order valence-electron chi connectivity index (χ4n) is 5.37. The van der Waals surface area contributed by atoms with E-state index in [9.17, 15) is 4.39 Å². The van der Waals surface area contributed by atoms with Crippen LogP contribution >= 0.6 is 0 Å². The Kier molecular flexibility index (Phi) is 6.07. The average molecular weight is 554 g/mol. The van der Waals surface area contributed by atoms with E-state index >= 15 is 0 Å². The van der Waals surface area contributed by atoms with E-state index < -0.39 is 0 Å². The van der Waals surface area contributed by atoms with E-state index in [1.807, 2.05) is 42.8 Å². The number of piperazine rings is 1. The summed E-state index contributed by atoms with van der Waals surface area (Å²) in [5, 5.41) is 9.84. The molecule has 5 aromatic heterocycles. The lowest BCUT2D eigenvalue weighted by Crippen LogP contribution is -2.47. The maximum atomic E-state index is 14.9. The summed E-state index contributed by atoms with van der Waals surface area (Å²) in [5.41, 5.74) is 10.3. The van der Waals surface area contributed by atoms with E-state index in [4.69, 9.17) is 10.2 Å². The molecule has 13 heteroatoms. The van der Waals surface area contributed by atoms with Gasteiger partial charge in [-0.05, 0) is 37.3 Å². The molecule has 2 N–H and O–H groups in total. The highest BCUT2D eigenvalue weighted by molar-refractivity contribution is 5.90. The van der Waals surface area contributed by atoms with Crippen LogP contribution in [-0.4, -0.2) is 77.0 Å². The van der Waals surface area contributed by atoms with Crippen LogP contribution in [0, 0.1) is 19.7 Å². The van der Waals surface area contributed by atoms with Crippen LogP contribution in [0.2, 0.25) is 0 Å². The third kappa shape index (κ3) is 4.53. The lowest BCUT2D eigenvalue weighted by molar-refractivity contribution is 0.245. The second-order valence-corrected chi connectivity index (χ2v) is 10.1.